The molecule has 2 aromatic carbocycles. The van der Waals surface area contributed by atoms with E-state index in [0.29, 0.717) is 4.47 Å². The Morgan fingerprint density at radius 3 is 2.39 bits per heavy atom. The molecule has 1 unspecified atom stereocenters. The molecule has 0 saturated heterocycles. The van der Waals surface area contributed by atoms with Gasteiger partial charge in [-0.15, -0.1) is 0 Å². The maximum Gasteiger partial charge on any atom is 0.124 e. The molecule has 0 amide bonds. The highest BCUT2D eigenvalue weighted by molar-refractivity contribution is 9.10. The standard InChI is InChI=1S/C15H15BrFN/c1-9-3-4-11(7-10(9)2)15(18)13-6-5-12(17)8-14(13)16/h3-8,15H,18H2,1-2H3. The average Bonchev–Trinajstić information content (AvgIpc) is 2.32. The molecule has 0 aliphatic rings. The van der Waals surface area contributed by atoms with Gasteiger partial charge in [0.1, 0.15) is 5.82 Å². The molecule has 0 spiro atoms. The van der Waals surface area contributed by atoms with Gasteiger partial charge in [-0.25, -0.2) is 4.39 Å². The van der Waals surface area contributed by atoms with Crippen LogP contribution in [0.3, 0.4) is 0 Å². The topological polar surface area (TPSA) is 26.0 Å². The Hall–Kier alpha value is -1.19. The fourth-order valence-corrected chi connectivity index (χ4v) is 2.49. The number of benzene rings is 2. The van der Waals surface area contributed by atoms with Crippen LogP contribution in [0.2, 0.25) is 0 Å². The van der Waals surface area contributed by atoms with Crippen LogP contribution in [0.1, 0.15) is 28.3 Å². The lowest BCUT2D eigenvalue weighted by atomic mass is 9.96. The molecule has 0 aliphatic carbocycles. The average molecular weight is 308 g/mol. The molecule has 0 aromatic heterocycles. The predicted octanol–water partition coefficient (Wildman–Crippen LogP) is 4.25. The molecule has 1 nitrogen and oxygen atoms in total. The minimum Gasteiger partial charge on any atom is -0.320 e. The van der Waals surface area contributed by atoms with Crippen LogP contribution in [-0.4, -0.2) is 0 Å². The number of hydrogen-bond donors (Lipinski definition) is 1. The smallest absolute Gasteiger partial charge is 0.124 e. The van der Waals surface area contributed by atoms with Gasteiger partial charge >= 0.3 is 0 Å². The first-order chi connectivity index (χ1) is 8.49. The zero-order chi connectivity index (χ0) is 13.3. The van der Waals surface area contributed by atoms with Crippen LogP contribution in [0.15, 0.2) is 40.9 Å². The first-order valence-electron chi connectivity index (χ1n) is 5.76. The lowest BCUT2D eigenvalue weighted by Gasteiger charge is -2.15. The van der Waals surface area contributed by atoms with Gasteiger partial charge in [-0.2, -0.15) is 0 Å². The fourth-order valence-electron chi connectivity index (χ4n) is 1.89. The summed E-state index contributed by atoms with van der Waals surface area (Å²) >= 11 is 3.36. The second kappa shape index (κ2) is 5.21. The Balaban J connectivity index is 2.41. The van der Waals surface area contributed by atoms with Gasteiger partial charge in [-0.3, -0.25) is 0 Å². The van der Waals surface area contributed by atoms with Gasteiger partial charge in [-0.05, 0) is 48.2 Å². The van der Waals surface area contributed by atoms with Gasteiger partial charge in [-0.1, -0.05) is 40.2 Å². The summed E-state index contributed by atoms with van der Waals surface area (Å²) in [5.41, 5.74) is 10.6. The maximum absolute atomic E-state index is 13.1. The van der Waals surface area contributed by atoms with Crippen molar-refractivity contribution in [3.63, 3.8) is 0 Å². The number of aryl methyl sites for hydroxylation is 2. The van der Waals surface area contributed by atoms with Crippen molar-refractivity contribution < 1.29 is 4.39 Å². The third-order valence-corrected chi connectivity index (χ3v) is 3.87. The molecular formula is C15H15BrFN. The Kier molecular flexibility index (Phi) is 3.83. The van der Waals surface area contributed by atoms with Crippen LogP contribution in [0.4, 0.5) is 4.39 Å². The first kappa shape index (κ1) is 13.2. The van der Waals surface area contributed by atoms with E-state index in [9.17, 15) is 4.39 Å². The van der Waals surface area contributed by atoms with Crippen LogP contribution in [0.25, 0.3) is 0 Å². The van der Waals surface area contributed by atoms with Crippen LogP contribution in [0.5, 0.6) is 0 Å². The quantitative estimate of drug-likeness (QED) is 0.881. The third kappa shape index (κ3) is 2.62. The van der Waals surface area contributed by atoms with Crippen molar-refractivity contribution in [2.45, 2.75) is 19.9 Å². The maximum atomic E-state index is 13.1. The monoisotopic (exact) mass is 307 g/mol. The van der Waals surface area contributed by atoms with Crippen molar-refractivity contribution in [1.82, 2.24) is 0 Å². The molecule has 0 radical (unpaired) electrons. The molecule has 0 aliphatic heterocycles. The molecular weight excluding hydrogens is 293 g/mol. The summed E-state index contributed by atoms with van der Waals surface area (Å²) in [5.74, 6) is -0.266. The van der Waals surface area contributed by atoms with Gasteiger partial charge in [0.25, 0.3) is 0 Å². The van der Waals surface area contributed by atoms with Crippen LogP contribution >= 0.6 is 15.9 Å². The Morgan fingerprint density at radius 1 is 1.06 bits per heavy atom. The molecule has 94 valence electrons. The van der Waals surface area contributed by atoms with Crippen molar-refractivity contribution in [3.05, 3.63) is 68.9 Å². The number of rotatable bonds is 2. The molecule has 2 N–H and O–H groups in total. The molecule has 3 heteroatoms. The minimum absolute atomic E-state index is 0.251. The van der Waals surface area contributed by atoms with Gasteiger partial charge in [0.05, 0.1) is 6.04 Å². The van der Waals surface area contributed by atoms with E-state index >= 15 is 0 Å². The fraction of sp³-hybridized carbons (Fsp3) is 0.200. The van der Waals surface area contributed by atoms with E-state index in [4.69, 9.17) is 5.73 Å². The zero-order valence-electron chi connectivity index (χ0n) is 10.4. The second-order valence-corrected chi connectivity index (χ2v) is 5.34. The highest BCUT2D eigenvalue weighted by Crippen LogP contribution is 2.28. The summed E-state index contributed by atoms with van der Waals surface area (Å²) in [7, 11) is 0. The molecule has 1 atom stereocenters. The molecule has 2 aromatic rings. The van der Waals surface area contributed by atoms with E-state index in [0.717, 1.165) is 11.1 Å². The van der Waals surface area contributed by atoms with E-state index in [2.05, 4.69) is 41.9 Å². The van der Waals surface area contributed by atoms with Crippen molar-refractivity contribution in [2.24, 2.45) is 5.73 Å². The molecule has 0 saturated carbocycles. The molecule has 2 rings (SSSR count). The van der Waals surface area contributed by atoms with Crippen LogP contribution in [-0.2, 0) is 0 Å². The molecule has 0 bridgehead atoms. The van der Waals surface area contributed by atoms with Crippen molar-refractivity contribution in [2.75, 3.05) is 0 Å². The lowest BCUT2D eigenvalue weighted by Crippen LogP contribution is -2.13. The Morgan fingerprint density at radius 2 is 1.78 bits per heavy atom. The highest BCUT2D eigenvalue weighted by Gasteiger charge is 2.13. The summed E-state index contributed by atoms with van der Waals surface area (Å²) in [6.45, 7) is 4.13. The number of nitrogens with two attached hydrogens (primary N) is 1. The normalized spacial score (nSPS) is 12.5. The summed E-state index contributed by atoms with van der Waals surface area (Å²) in [6, 6.07) is 10.5. The Bertz CT molecular complexity index is 581. The first-order valence-corrected chi connectivity index (χ1v) is 6.56. The van der Waals surface area contributed by atoms with Gasteiger partial charge in [0, 0.05) is 4.47 Å². The van der Waals surface area contributed by atoms with Gasteiger partial charge < -0.3 is 5.73 Å². The van der Waals surface area contributed by atoms with E-state index in [1.165, 1.54) is 23.3 Å². The number of hydrogen-bond acceptors (Lipinski definition) is 1. The lowest BCUT2D eigenvalue weighted by molar-refractivity contribution is 0.625. The van der Waals surface area contributed by atoms with Crippen molar-refractivity contribution in [1.29, 1.82) is 0 Å². The minimum atomic E-state index is -0.266. The summed E-state index contributed by atoms with van der Waals surface area (Å²) in [5, 5.41) is 0. The van der Waals surface area contributed by atoms with Crippen LogP contribution in [0, 0.1) is 19.7 Å². The SMILES string of the molecule is Cc1ccc(C(N)c2ccc(F)cc2Br)cc1C. The predicted molar refractivity (Wildman–Crippen MR) is 76.0 cm³/mol. The summed E-state index contributed by atoms with van der Waals surface area (Å²) < 4.78 is 13.8. The van der Waals surface area contributed by atoms with E-state index < -0.39 is 0 Å². The van der Waals surface area contributed by atoms with Gasteiger partial charge in [0.15, 0.2) is 0 Å². The zero-order valence-corrected chi connectivity index (χ0v) is 12.0. The Labute approximate surface area is 115 Å². The van der Waals surface area contributed by atoms with Crippen LogP contribution < -0.4 is 5.73 Å². The molecule has 0 fully saturated rings. The molecule has 18 heavy (non-hydrogen) atoms. The van der Waals surface area contributed by atoms with E-state index in [1.807, 2.05) is 6.07 Å². The van der Waals surface area contributed by atoms with Crippen molar-refractivity contribution >= 4 is 15.9 Å². The summed E-state index contributed by atoms with van der Waals surface area (Å²) in [4.78, 5) is 0. The largest absolute Gasteiger partial charge is 0.320 e. The second-order valence-electron chi connectivity index (χ2n) is 4.49. The van der Waals surface area contributed by atoms with Gasteiger partial charge in [0.2, 0.25) is 0 Å². The van der Waals surface area contributed by atoms with E-state index in [-0.39, 0.29) is 11.9 Å². The summed E-state index contributed by atoms with van der Waals surface area (Å²) in [6.07, 6.45) is 0. The third-order valence-electron chi connectivity index (χ3n) is 3.19. The highest BCUT2D eigenvalue weighted by atomic mass is 79.9. The number of halogens is 2. The van der Waals surface area contributed by atoms with Crippen molar-refractivity contribution in [3.8, 4) is 0 Å². The van der Waals surface area contributed by atoms with E-state index in [1.54, 1.807) is 6.07 Å². The molecule has 0 heterocycles.